The number of hydrogen-bond donors (Lipinski definition) is 1. The number of sulfonamides is 1. The highest BCUT2D eigenvalue weighted by Gasteiger charge is 2.39. The number of fused-ring (bicyclic) bond motifs is 1. The second kappa shape index (κ2) is 8.11. The Morgan fingerprint density at radius 3 is 2.52 bits per heavy atom. The Hall–Kier alpha value is -2.97. The molecular weight excluding hydrogens is 460 g/mol. The highest BCUT2D eigenvalue weighted by Crippen LogP contribution is 2.45. The molecule has 2 aromatic heterocycles. The van der Waals surface area contributed by atoms with E-state index in [0.29, 0.717) is 35.5 Å². The van der Waals surface area contributed by atoms with Crippen molar-refractivity contribution in [3.05, 3.63) is 47.4 Å². The van der Waals surface area contributed by atoms with Crippen LogP contribution in [-0.4, -0.2) is 30.2 Å². The Labute approximate surface area is 187 Å². The van der Waals surface area contributed by atoms with Gasteiger partial charge in [-0.3, -0.25) is 4.98 Å². The Balaban J connectivity index is 1.82. The van der Waals surface area contributed by atoms with Gasteiger partial charge in [-0.25, -0.2) is 12.8 Å². The monoisotopic (exact) mass is 480 g/mol. The van der Waals surface area contributed by atoms with Crippen LogP contribution in [0.25, 0.3) is 22.3 Å². The van der Waals surface area contributed by atoms with Crippen LogP contribution in [0.1, 0.15) is 43.9 Å². The van der Waals surface area contributed by atoms with Crippen LogP contribution < -0.4 is 4.72 Å². The summed E-state index contributed by atoms with van der Waals surface area (Å²) in [6, 6.07) is 5.47. The molecule has 11 heteroatoms. The molecule has 1 aliphatic carbocycles. The van der Waals surface area contributed by atoms with Crippen molar-refractivity contribution in [2.45, 2.75) is 56.3 Å². The summed E-state index contributed by atoms with van der Waals surface area (Å²) < 4.78 is 81.0. The first-order valence-electron chi connectivity index (χ1n) is 10.3. The molecule has 1 saturated carbocycles. The summed E-state index contributed by atoms with van der Waals surface area (Å²) in [6.45, 7) is 2.53. The zero-order valence-corrected chi connectivity index (χ0v) is 18.6. The van der Waals surface area contributed by atoms with E-state index in [-0.39, 0.29) is 17.3 Å². The third-order valence-electron chi connectivity index (χ3n) is 5.69. The van der Waals surface area contributed by atoms with E-state index in [1.807, 2.05) is 11.5 Å². The molecule has 1 N–H and O–H groups in total. The molecule has 3 aromatic rings. The number of nitriles is 1. The topological polar surface area (TPSA) is 87.8 Å². The van der Waals surface area contributed by atoms with Crippen LogP contribution in [0.3, 0.4) is 0 Å². The van der Waals surface area contributed by atoms with Crippen molar-refractivity contribution in [1.82, 2.24) is 14.3 Å². The standard InChI is InChI=1S/C22H20F4N4O2S/c1-3-13-8-20-16(9-18(13)23)17(10-27)21(30(20)14-4-5-14)19-7-6-15(11-28-19)33(31,32)29-12(2)22(24,25)26/h6-9,11-12,14,29H,3-5H2,1-2H3. The molecule has 0 bridgehead atoms. The Bertz CT molecular complexity index is 1370. The fourth-order valence-electron chi connectivity index (χ4n) is 3.77. The first-order chi connectivity index (χ1) is 15.5. The lowest BCUT2D eigenvalue weighted by Crippen LogP contribution is -2.42. The molecule has 1 unspecified atom stereocenters. The summed E-state index contributed by atoms with van der Waals surface area (Å²) >= 11 is 0. The maximum Gasteiger partial charge on any atom is 0.404 e. The van der Waals surface area contributed by atoms with Crippen molar-refractivity contribution < 1.29 is 26.0 Å². The van der Waals surface area contributed by atoms with Gasteiger partial charge in [0.25, 0.3) is 0 Å². The van der Waals surface area contributed by atoms with E-state index < -0.39 is 33.0 Å². The van der Waals surface area contributed by atoms with Gasteiger partial charge >= 0.3 is 6.18 Å². The van der Waals surface area contributed by atoms with Crippen molar-refractivity contribution in [2.75, 3.05) is 0 Å². The molecule has 0 radical (unpaired) electrons. The second-order valence-corrected chi connectivity index (χ2v) is 9.73. The number of rotatable bonds is 6. The summed E-state index contributed by atoms with van der Waals surface area (Å²) in [7, 11) is -4.46. The number of halogens is 4. The first-order valence-corrected chi connectivity index (χ1v) is 11.8. The van der Waals surface area contributed by atoms with Crippen LogP contribution in [0.2, 0.25) is 0 Å². The molecular formula is C22H20F4N4O2S. The van der Waals surface area contributed by atoms with E-state index in [9.17, 15) is 31.2 Å². The maximum atomic E-state index is 14.5. The number of pyridine rings is 1. The normalized spacial score (nSPS) is 15.5. The predicted molar refractivity (Wildman–Crippen MR) is 113 cm³/mol. The van der Waals surface area contributed by atoms with Gasteiger partial charge in [0.1, 0.15) is 22.8 Å². The van der Waals surface area contributed by atoms with Gasteiger partial charge in [-0.2, -0.15) is 23.2 Å². The van der Waals surface area contributed by atoms with Crippen molar-refractivity contribution in [2.24, 2.45) is 0 Å². The van der Waals surface area contributed by atoms with Crippen molar-refractivity contribution >= 4 is 20.9 Å². The zero-order chi connectivity index (χ0) is 24.1. The highest BCUT2D eigenvalue weighted by molar-refractivity contribution is 7.89. The Morgan fingerprint density at radius 1 is 1.30 bits per heavy atom. The maximum absolute atomic E-state index is 14.5. The lowest BCUT2D eigenvalue weighted by molar-refractivity contribution is -0.147. The van der Waals surface area contributed by atoms with Gasteiger partial charge in [0, 0.05) is 17.6 Å². The zero-order valence-electron chi connectivity index (χ0n) is 17.7. The molecule has 1 atom stereocenters. The summed E-state index contributed by atoms with van der Waals surface area (Å²) in [5, 5.41) is 10.3. The number of alkyl halides is 3. The van der Waals surface area contributed by atoms with Crippen molar-refractivity contribution in [1.29, 1.82) is 5.26 Å². The third kappa shape index (κ3) is 4.20. The van der Waals surface area contributed by atoms with E-state index in [1.54, 1.807) is 10.8 Å². The number of hydrogen-bond acceptors (Lipinski definition) is 4. The quantitative estimate of drug-likeness (QED) is 0.512. The molecule has 1 aliphatic rings. The average molecular weight is 480 g/mol. The van der Waals surface area contributed by atoms with Crippen molar-refractivity contribution in [3.63, 3.8) is 0 Å². The largest absolute Gasteiger partial charge is 0.404 e. The smallest absolute Gasteiger partial charge is 0.335 e. The lowest BCUT2D eigenvalue weighted by Gasteiger charge is -2.17. The predicted octanol–water partition coefficient (Wildman–Crippen LogP) is 4.84. The van der Waals surface area contributed by atoms with Crippen LogP contribution in [0.5, 0.6) is 0 Å². The van der Waals surface area contributed by atoms with E-state index >= 15 is 0 Å². The molecule has 1 fully saturated rings. The van der Waals surface area contributed by atoms with Crippen molar-refractivity contribution in [3.8, 4) is 17.5 Å². The van der Waals surface area contributed by atoms with Crippen LogP contribution in [0.15, 0.2) is 35.4 Å². The SMILES string of the molecule is CCc1cc2c(cc1F)c(C#N)c(-c1ccc(S(=O)(=O)NC(C)C(F)(F)F)cn1)n2C1CC1. The Kier molecular flexibility index (Phi) is 5.70. The van der Waals surface area contributed by atoms with E-state index in [1.165, 1.54) is 12.1 Å². The molecule has 0 spiro atoms. The molecule has 1 aromatic carbocycles. The van der Waals surface area contributed by atoms with Crippen LogP contribution in [-0.2, 0) is 16.4 Å². The molecule has 4 rings (SSSR count). The van der Waals surface area contributed by atoms with Gasteiger partial charge in [-0.15, -0.1) is 0 Å². The number of benzene rings is 1. The van der Waals surface area contributed by atoms with Gasteiger partial charge < -0.3 is 4.57 Å². The minimum atomic E-state index is -4.74. The summed E-state index contributed by atoms with van der Waals surface area (Å²) in [5.74, 6) is -0.416. The minimum absolute atomic E-state index is 0.0966. The van der Waals surface area contributed by atoms with E-state index in [4.69, 9.17) is 0 Å². The summed E-state index contributed by atoms with van der Waals surface area (Å²) in [5.41, 5.74) is 2.13. The molecule has 174 valence electrons. The number of aryl methyl sites for hydroxylation is 1. The molecule has 0 amide bonds. The van der Waals surface area contributed by atoms with Gasteiger partial charge in [0.15, 0.2) is 0 Å². The second-order valence-electron chi connectivity index (χ2n) is 8.01. The average Bonchev–Trinajstić information content (AvgIpc) is 3.54. The molecule has 0 aliphatic heterocycles. The van der Waals surface area contributed by atoms with Crippen LogP contribution >= 0.6 is 0 Å². The fraction of sp³-hybridized carbons (Fsp3) is 0.364. The first kappa shape index (κ1) is 23.2. The number of nitrogens with one attached hydrogen (secondary N) is 1. The number of nitrogens with zero attached hydrogens (tertiary/aromatic N) is 3. The van der Waals surface area contributed by atoms with Crippen LogP contribution in [0, 0.1) is 17.1 Å². The third-order valence-corrected chi connectivity index (χ3v) is 7.21. The highest BCUT2D eigenvalue weighted by atomic mass is 32.2. The van der Waals surface area contributed by atoms with E-state index in [0.717, 1.165) is 25.1 Å². The molecule has 6 nitrogen and oxygen atoms in total. The number of aromatic nitrogens is 2. The molecule has 33 heavy (non-hydrogen) atoms. The molecule has 0 saturated heterocycles. The fourth-order valence-corrected chi connectivity index (χ4v) is 4.94. The molecule has 2 heterocycles. The minimum Gasteiger partial charge on any atom is -0.335 e. The van der Waals surface area contributed by atoms with Gasteiger partial charge in [0.2, 0.25) is 10.0 Å². The van der Waals surface area contributed by atoms with Crippen LogP contribution in [0.4, 0.5) is 17.6 Å². The lowest BCUT2D eigenvalue weighted by atomic mass is 10.1. The van der Waals surface area contributed by atoms with Gasteiger partial charge in [0.05, 0.1) is 22.5 Å². The van der Waals surface area contributed by atoms with E-state index in [2.05, 4.69) is 11.1 Å². The summed E-state index contributed by atoms with van der Waals surface area (Å²) in [4.78, 5) is 3.72. The Morgan fingerprint density at radius 2 is 2.00 bits per heavy atom. The summed E-state index contributed by atoms with van der Waals surface area (Å²) in [6.07, 6.45) is -1.57. The van der Waals surface area contributed by atoms with Gasteiger partial charge in [-0.1, -0.05) is 6.92 Å². The van der Waals surface area contributed by atoms with Gasteiger partial charge in [-0.05, 0) is 56.0 Å².